The number of allylic oxidation sites excluding steroid dienone is 21. The lowest BCUT2D eigenvalue weighted by atomic mass is 10.0. The summed E-state index contributed by atoms with van der Waals surface area (Å²) in [5, 5.41) is 8.54. The monoisotopic (exact) mass is 1050 g/mol. The van der Waals surface area contributed by atoms with Crippen LogP contribution < -0.4 is 20.9 Å². The van der Waals surface area contributed by atoms with Crippen LogP contribution in [-0.2, 0) is 6.42 Å². The van der Waals surface area contributed by atoms with Gasteiger partial charge in [0.2, 0.25) is 0 Å². The third-order valence-electron chi connectivity index (χ3n) is 16.4. The van der Waals surface area contributed by atoms with Gasteiger partial charge in [-0.25, -0.2) is 0 Å². The molecule has 9 aliphatic rings. The summed E-state index contributed by atoms with van der Waals surface area (Å²) in [4.78, 5) is 0. The van der Waals surface area contributed by atoms with Gasteiger partial charge in [-0.05, 0) is 257 Å². The lowest BCUT2D eigenvalue weighted by Crippen LogP contribution is -2.26. The van der Waals surface area contributed by atoms with E-state index in [4.69, 9.17) is 0 Å². The van der Waals surface area contributed by atoms with E-state index >= 15 is 0 Å². The van der Waals surface area contributed by atoms with Crippen molar-refractivity contribution in [2.75, 3.05) is 0 Å². The molecule has 0 bridgehead atoms. The van der Waals surface area contributed by atoms with Crippen molar-refractivity contribution in [3.63, 3.8) is 0 Å². The van der Waals surface area contributed by atoms with E-state index in [2.05, 4.69) is 269 Å². The highest BCUT2D eigenvalue weighted by atomic mass is 14.2. The topological polar surface area (TPSA) is 0 Å². The number of fused-ring (bicyclic) bond motifs is 4. The molecule has 0 amide bonds. The van der Waals surface area contributed by atoms with E-state index in [1.807, 2.05) is 0 Å². The van der Waals surface area contributed by atoms with Gasteiger partial charge in [-0.15, -0.1) is 0 Å². The van der Waals surface area contributed by atoms with Crippen LogP contribution in [0.5, 0.6) is 0 Å². The normalized spacial score (nSPS) is 17.0. The van der Waals surface area contributed by atoms with Crippen LogP contribution in [0, 0.1) is 34.6 Å². The molecule has 0 aliphatic heterocycles. The fourth-order valence-electron chi connectivity index (χ4n) is 12.1. The highest BCUT2D eigenvalue weighted by molar-refractivity contribution is 5.88. The fraction of sp³-hybridized carbons (Fsp3) is 0.325. The lowest BCUT2D eigenvalue weighted by Gasteiger charge is -2.05. The van der Waals surface area contributed by atoms with E-state index in [9.17, 15) is 0 Å². The zero-order valence-electron chi connectivity index (χ0n) is 52.1. The molecule has 0 radical (unpaired) electrons. The van der Waals surface area contributed by atoms with E-state index in [1.165, 1.54) is 189 Å². The molecule has 0 N–H and O–H groups in total. The Kier molecular flexibility index (Phi) is 21.5. The third kappa shape index (κ3) is 17.0. The molecule has 0 saturated carbocycles. The van der Waals surface area contributed by atoms with Crippen molar-refractivity contribution in [1.29, 1.82) is 0 Å². The lowest BCUT2D eigenvalue weighted by molar-refractivity contribution is 0.906. The third-order valence-corrected chi connectivity index (χ3v) is 16.4. The molecule has 80 heavy (non-hydrogen) atoms. The molecule has 14 rings (SSSR count). The standard InChI is InChI=1S/C12H12.3C11H12.2C10H12.C8H12.C7H10/c1-9-5-3-8-12-10(2)6-4-7-11(9)12;1-8-3-4-10-6-9(2)7-11(10)5-8;1-8-6-7-9(2)11-5-3-4-10(8)11;1-8-7-9(2)11-6-4-3-5-10(8)11;2*1-7-3-9-5-8(2)6-10(9)4-7;1-7-3-5-8(2)6-4-7;1-6-3-4-7(2)5-6/h3-8H,1-2H3;3-6H,7H2,1-2H3;4-7H,3H2,1-2H3;3-6H,7H2,1-2H3;3,6H,4-5H2,1-2H3;3,5H,4,6H2,1-2H3;3,5H,4,6H2,1-2H3;3-4H,5H2,1-2H3. The predicted octanol–water partition coefficient (Wildman–Crippen LogP) is 20.0. The minimum atomic E-state index is 1.11. The Morgan fingerprint density at radius 3 is 1.21 bits per heavy atom. The molecule has 9 aliphatic carbocycles. The first-order chi connectivity index (χ1) is 38.2. The quantitative estimate of drug-likeness (QED) is 0.145. The largest absolute Gasteiger partial charge is 0.0730 e. The molecule has 5 aromatic carbocycles. The summed E-state index contributed by atoms with van der Waals surface area (Å²) >= 11 is 0. The number of hydrogen-bond donors (Lipinski definition) is 0. The first-order valence-corrected chi connectivity index (χ1v) is 29.7. The van der Waals surface area contributed by atoms with Gasteiger partial charge < -0.3 is 0 Å². The predicted molar refractivity (Wildman–Crippen MR) is 356 cm³/mol. The summed E-state index contributed by atoms with van der Waals surface area (Å²) in [6.45, 7) is 35.0. The fourth-order valence-corrected chi connectivity index (χ4v) is 12.1. The van der Waals surface area contributed by atoms with E-state index in [0.717, 1.165) is 12.8 Å². The van der Waals surface area contributed by atoms with E-state index in [0.29, 0.717) is 0 Å². The van der Waals surface area contributed by atoms with Crippen molar-refractivity contribution < 1.29 is 0 Å². The Morgan fingerprint density at radius 2 is 0.775 bits per heavy atom. The molecular weight excluding hydrogens is 961 g/mol. The summed E-state index contributed by atoms with van der Waals surface area (Å²) in [7, 11) is 0. The maximum atomic E-state index is 2.34. The van der Waals surface area contributed by atoms with Crippen LogP contribution in [-0.4, -0.2) is 0 Å². The van der Waals surface area contributed by atoms with Gasteiger partial charge in [0.05, 0.1) is 0 Å². The van der Waals surface area contributed by atoms with Crippen molar-refractivity contribution in [2.45, 2.75) is 175 Å². The molecule has 0 saturated heterocycles. The zero-order chi connectivity index (χ0) is 57.6. The first-order valence-electron chi connectivity index (χ1n) is 29.7. The Hall–Kier alpha value is -7.02. The van der Waals surface area contributed by atoms with Gasteiger partial charge in [0.1, 0.15) is 0 Å². The van der Waals surface area contributed by atoms with Crippen molar-refractivity contribution in [2.24, 2.45) is 0 Å². The van der Waals surface area contributed by atoms with Gasteiger partial charge in [0, 0.05) is 0 Å². The van der Waals surface area contributed by atoms with E-state index in [1.54, 1.807) is 16.7 Å². The van der Waals surface area contributed by atoms with Crippen LogP contribution in [0.2, 0.25) is 0 Å². The van der Waals surface area contributed by atoms with Crippen LogP contribution >= 0.6 is 0 Å². The molecule has 0 nitrogen and oxygen atoms in total. The highest BCUT2D eigenvalue weighted by Gasteiger charge is 2.18. The minimum absolute atomic E-state index is 1.11. The molecular formula is C80H94. The number of hydrogen-bond acceptors (Lipinski definition) is 0. The Bertz CT molecular complexity index is 3570. The maximum absolute atomic E-state index is 2.34. The van der Waals surface area contributed by atoms with Gasteiger partial charge in [-0.3, -0.25) is 0 Å². The van der Waals surface area contributed by atoms with E-state index in [-0.39, 0.29) is 0 Å². The molecule has 0 fully saturated rings. The van der Waals surface area contributed by atoms with Crippen LogP contribution in [0.4, 0.5) is 0 Å². The molecule has 0 heteroatoms. The van der Waals surface area contributed by atoms with Crippen LogP contribution in [0.15, 0.2) is 212 Å². The molecule has 414 valence electrons. The van der Waals surface area contributed by atoms with Gasteiger partial charge in [-0.2, -0.15) is 0 Å². The summed E-state index contributed by atoms with van der Waals surface area (Å²) in [5.41, 5.74) is 32.6. The summed E-state index contributed by atoms with van der Waals surface area (Å²) in [5.74, 6) is 0. The second kappa shape index (κ2) is 28.4. The molecule has 0 aromatic heterocycles. The molecule has 5 aromatic rings. The second-order valence-electron chi connectivity index (χ2n) is 24.6. The molecule has 0 unspecified atom stereocenters. The van der Waals surface area contributed by atoms with Crippen molar-refractivity contribution in [1.82, 2.24) is 0 Å². The van der Waals surface area contributed by atoms with E-state index < -0.39 is 0 Å². The smallest absolute Gasteiger partial charge is 0.00605 e. The molecule has 0 spiro atoms. The Balaban J connectivity index is 0.000000133. The Labute approximate surface area is 484 Å². The SMILES string of the molecule is CC1=CC2=C(C1)CC(C)=C2.CC1=CC2=C(C=C(C)C2)C1.CC1=CC=C(C)C1.CC1=CC=C(C)CC1.CC1=Cc2ccc(C)cc2C1.CC1=c2ccccc2=C(C)C1.Cc1ccc(C)c2c1=CCC=2.Cc1cccc2c(C)cccc12. The average Bonchev–Trinajstić information content (AvgIpc) is 4.33. The average molecular weight is 1060 g/mol. The van der Waals surface area contributed by atoms with Gasteiger partial charge in [0.15, 0.2) is 0 Å². The molecule has 0 heterocycles. The van der Waals surface area contributed by atoms with Crippen molar-refractivity contribution >= 4 is 40.1 Å². The summed E-state index contributed by atoms with van der Waals surface area (Å²) in [6.07, 6.45) is 36.9. The highest BCUT2D eigenvalue weighted by Crippen LogP contribution is 2.37. The molecule has 0 atom stereocenters. The number of benzene rings is 5. The van der Waals surface area contributed by atoms with Crippen molar-refractivity contribution in [3.05, 3.63) is 272 Å². The maximum Gasteiger partial charge on any atom is -0.00605 e. The first kappa shape index (κ1) is 60.6. The summed E-state index contributed by atoms with van der Waals surface area (Å²) < 4.78 is 0. The summed E-state index contributed by atoms with van der Waals surface area (Å²) in [6, 6.07) is 32.6. The number of aryl methyl sites for hydroxylation is 5. The van der Waals surface area contributed by atoms with Crippen LogP contribution in [0.1, 0.15) is 173 Å². The number of rotatable bonds is 0. The van der Waals surface area contributed by atoms with Crippen molar-refractivity contribution in [3.8, 4) is 0 Å². The van der Waals surface area contributed by atoms with Crippen LogP contribution in [0.25, 0.3) is 40.1 Å². The van der Waals surface area contributed by atoms with Gasteiger partial charge in [-0.1, -0.05) is 230 Å². The van der Waals surface area contributed by atoms with Gasteiger partial charge in [0.25, 0.3) is 0 Å². The Morgan fingerprint density at radius 1 is 0.325 bits per heavy atom. The van der Waals surface area contributed by atoms with Crippen LogP contribution in [0.3, 0.4) is 0 Å². The minimum Gasteiger partial charge on any atom is -0.0730 e. The second-order valence-corrected chi connectivity index (χ2v) is 24.6. The van der Waals surface area contributed by atoms with Gasteiger partial charge >= 0.3 is 0 Å². The zero-order valence-corrected chi connectivity index (χ0v) is 52.1.